The highest BCUT2D eigenvalue weighted by atomic mass is 35.5. The summed E-state index contributed by atoms with van der Waals surface area (Å²) >= 11 is 12.0. The molecule has 0 unspecified atom stereocenters. The Hall–Kier alpha value is -3.02. The number of halogens is 2. The molecule has 0 aliphatic rings. The summed E-state index contributed by atoms with van der Waals surface area (Å²) in [7, 11) is 1.51. The Bertz CT molecular complexity index is 1020. The van der Waals surface area contributed by atoms with Crippen molar-refractivity contribution in [3.05, 3.63) is 93.5 Å². The zero-order valence-electron chi connectivity index (χ0n) is 15.6. The molecule has 3 aromatic carbocycles. The summed E-state index contributed by atoms with van der Waals surface area (Å²) in [6.45, 7) is 0.332. The van der Waals surface area contributed by atoms with Crippen molar-refractivity contribution in [3.63, 3.8) is 0 Å². The maximum Gasteiger partial charge on any atom is 0.275 e. The molecule has 0 heterocycles. The Labute approximate surface area is 178 Å². The standard InChI is InChI=1S/C22H18Cl2N2O3/c1-28-21-5-3-2-4-19(21)22(27)26-25-13-15-6-10-18(11-7-15)29-14-16-8-9-17(23)12-20(16)24/h2-13H,14H2,1H3,(H,26,27). The van der Waals surface area contributed by atoms with Gasteiger partial charge in [-0.2, -0.15) is 5.10 Å². The molecule has 0 fully saturated rings. The highest BCUT2D eigenvalue weighted by Gasteiger charge is 2.10. The lowest BCUT2D eigenvalue weighted by atomic mass is 10.2. The van der Waals surface area contributed by atoms with Crippen LogP contribution in [0.2, 0.25) is 10.0 Å². The molecular formula is C22H18Cl2N2O3. The molecule has 148 valence electrons. The predicted octanol–water partition coefficient (Wildman–Crippen LogP) is 5.34. The second-order valence-corrected chi connectivity index (χ2v) is 6.84. The number of ether oxygens (including phenoxy) is 2. The molecule has 3 rings (SSSR count). The molecule has 3 aromatic rings. The first kappa shape index (κ1) is 20.7. The van der Waals surface area contributed by atoms with Gasteiger partial charge in [-0.15, -0.1) is 0 Å². The number of hydrogen-bond acceptors (Lipinski definition) is 4. The Morgan fingerprint density at radius 3 is 2.55 bits per heavy atom. The molecule has 29 heavy (non-hydrogen) atoms. The van der Waals surface area contributed by atoms with Gasteiger partial charge in [0.1, 0.15) is 18.1 Å². The Kier molecular flexibility index (Phi) is 7.11. The topological polar surface area (TPSA) is 59.9 Å². The van der Waals surface area contributed by atoms with Gasteiger partial charge in [-0.25, -0.2) is 5.43 Å². The number of para-hydroxylation sites is 1. The van der Waals surface area contributed by atoms with Gasteiger partial charge in [0.2, 0.25) is 0 Å². The molecule has 5 nitrogen and oxygen atoms in total. The van der Waals surface area contributed by atoms with E-state index in [1.54, 1.807) is 42.6 Å². The number of methoxy groups -OCH3 is 1. The molecule has 0 bridgehead atoms. The number of rotatable bonds is 7. The lowest BCUT2D eigenvalue weighted by molar-refractivity contribution is 0.0952. The van der Waals surface area contributed by atoms with Crippen molar-refractivity contribution in [3.8, 4) is 11.5 Å². The van der Waals surface area contributed by atoms with E-state index in [1.165, 1.54) is 7.11 Å². The second-order valence-electron chi connectivity index (χ2n) is 5.99. The monoisotopic (exact) mass is 428 g/mol. The first-order chi connectivity index (χ1) is 14.1. The number of carbonyl (C=O) groups excluding carboxylic acids is 1. The van der Waals surface area contributed by atoms with Crippen LogP contribution in [0.1, 0.15) is 21.5 Å². The Balaban J connectivity index is 1.55. The smallest absolute Gasteiger partial charge is 0.275 e. The molecule has 7 heteroatoms. The van der Waals surface area contributed by atoms with Crippen LogP contribution in [0.3, 0.4) is 0 Å². The molecule has 0 saturated heterocycles. The Morgan fingerprint density at radius 1 is 1.07 bits per heavy atom. The fourth-order valence-electron chi connectivity index (χ4n) is 2.51. The van der Waals surface area contributed by atoms with Gasteiger partial charge in [0.05, 0.1) is 18.9 Å². The fourth-order valence-corrected chi connectivity index (χ4v) is 2.97. The van der Waals surface area contributed by atoms with Gasteiger partial charge in [0.15, 0.2) is 0 Å². The van der Waals surface area contributed by atoms with E-state index < -0.39 is 0 Å². The average Bonchev–Trinajstić information content (AvgIpc) is 2.74. The molecule has 0 atom stereocenters. The summed E-state index contributed by atoms with van der Waals surface area (Å²) in [4.78, 5) is 12.2. The Morgan fingerprint density at radius 2 is 1.83 bits per heavy atom. The van der Waals surface area contributed by atoms with Crippen LogP contribution < -0.4 is 14.9 Å². The zero-order valence-corrected chi connectivity index (χ0v) is 17.1. The minimum absolute atomic E-state index is 0.332. The molecule has 1 amide bonds. The van der Waals surface area contributed by atoms with Gasteiger partial charge in [-0.1, -0.05) is 41.4 Å². The summed E-state index contributed by atoms with van der Waals surface area (Å²) in [6.07, 6.45) is 1.55. The third-order valence-electron chi connectivity index (χ3n) is 4.02. The summed E-state index contributed by atoms with van der Waals surface area (Å²) in [5.41, 5.74) is 4.56. The second kappa shape index (κ2) is 9.96. The van der Waals surface area contributed by atoms with Crippen molar-refractivity contribution in [2.75, 3.05) is 7.11 Å². The summed E-state index contributed by atoms with van der Waals surface area (Å²) in [5.74, 6) is 0.826. The molecule has 0 aliphatic carbocycles. The van der Waals surface area contributed by atoms with Crippen LogP contribution in [-0.2, 0) is 6.61 Å². The van der Waals surface area contributed by atoms with Gasteiger partial charge < -0.3 is 9.47 Å². The first-order valence-electron chi connectivity index (χ1n) is 8.70. The lowest BCUT2D eigenvalue weighted by Crippen LogP contribution is -2.18. The minimum Gasteiger partial charge on any atom is -0.496 e. The lowest BCUT2D eigenvalue weighted by Gasteiger charge is -2.08. The fraction of sp³-hybridized carbons (Fsp3) is 0.0909. The van der Waals surface area contributed by atoms with Gasteiger partial charge in [-0.05, 0) is 54.1 Å². The van der Waals surface area contributed by atoms with Crippen molar-refractivity contribution < 1.29 is 14.3 Å². The molecule has 1 N–H and O–H groups in total. The maximum absolute atomic E-state index is 12.2. The molecule has 0 radical (unpaired) electrons. The molecular weight excluding hydrogens is 411 g/mol. The summed E-state index contributed by atoms with van der Waals surface area (Å²) in [5, 5.41) is 5.13. The van der Waals surface area contributed by atoms with Crippen molar-refractivity contribution in [2.24, 2.45) is 5.10 Å². The van der Waals surface area contributed by atoms with Gasteiger partial charge in [0.25, 0.3) is 5.91 Å². The van der Waals surface area contributed by atoms with Crippen molar-refractivity contribution >= 4 is 35.3 Å². The highest BCUT2D eigenvalue weighted by Crippen LogP contribution is 2.23. The zero-order chi connectivity index (χ0) is 20.6. The van der Waals surface area contributed by atoms with Crippen LogP contribution in [0.5, 0.6) is 11.5 Å². The molecule has 0 spiro atoms. The average molecular weight is 429 g/mol. The van der Waals surface area contributed by atoms with E-state index in [1.807, 2.05) is 30.3 Å². The number of amides is 1. The molecule has 0 saturated carbocycles. The van der Waals surface area contributed by atoms with E-state index in [9.17, 15) is 4.79 Å². The quantitative estimate of drug-likeness (QED) is 0.407. The number of hydrazone groups is 1. The van der Waals surface area contributed by atoms with E-state index in [0.717, 1.165) is 11.1 Å². The van der Waals surface area contributed by atoms with E-state index in [2.05, 4.69) is 10.5 Å². The predicted molar refractivity (Wildman–Crippen MR) is 115 cm³/mol. The van der Waals surface area contributed by atoms with Crippen molar-refractivity contribution in [1.82, 2.24) is 5.43 Å². The van der Waals surface area contributed by atoms with Gasteiger partial charge in [0, 0.05) is 15.6 Å². The van der Waals surface area contributed by atoms with Crippen LogP contribution in [0, 0.1) is 0 Å². The third-order valence-corrected chi connectivity index (χ3v) is 4.61. The van der Waals surface area contributed by atoms with E-state index in [-0.39, 0.29) is 5.91 Å². The number of carbonyl (C=O) groups is 1. The minimum atomic E-state index is -0.349. The first-order valence-corrected chi connectivity index (χ1v) is 9.45. The summed E-state index contributed by atoms with van der Waals surface area (Å²) in [6, 6.07) is 19.5. The van der Waals surface area contributed by atoms with Crippen LogP contribution in [0.15, 0.2) is 71.8 Å². The van der Waals surface area contributed by atoms with E-state index in [4.69, 9.17) is 32.7 Å². The molecule has 0 aromatic heterocycles. The SMILES string of the molecule is COc1ccccc1C(=O)NN=Cc1ccc(OCc2ccc(Cl)cc2Cl)cc1. The van der Waals surface area contributed by atoms with Crippen molar-refractivity contribution in [2.45, 2.75) is 6.61 Å². The maximum atomic E-state index is 12.2. The number of nitrogens with zero attached hydrogens (tertiary/aromatic N) is 1. The largest absolute Gasteiger partial charge is 0.496 e. The van der Waals surface area contributed by atoms with E-state index in [0.29, 0.717) is 33.7 Å². The number of nitrogens with one attached hydrogen (secondary N) is 1. The normalized spacial score (nSPS) is 10.7. The van der Waals surface area contributed by atoms with Gasteiger partial charge in [-0.3, -0.25) is 4.79 Å². The summed E-state index contributed by atoms with van der Waals surface area (Å²) < 4.78 is 10.9. The van der Waals surface area contributed by atoms with Crippen molar-refractivity contribution in [1.29, 1.82) is 0 Å². The number of benzene rings is 3. The number of hydrogen-bond donors (Lipinski definition) is 1. The van der Waals surface area contributed by atoms with Crippen LogP contribution >= 0.6 is 23.2 Å². The highest BCUT2D eigenvalue weighted by molar-refractivity contribution is 6.35. The molecule has 0 aliphatic heterocycles. The third kappa shape index (κ3) is 5.73. The van der Waals surface area contributed by atoms with Crippen LogP contribution in [0.25, 0.3) is 0 Å². The van der Waals surface area contributed by atoms with Crippen LogP contribution in [0.4, 0.5) is 0 Å². The van der Waals surface area contributed by atoms with Crippen LogP contribution in [-0.4, -0.2) is 19.2 Å². The van der Waals surface area contributed by atoms with Gasteiger partial charge >= 0.3 is 0 Å². The van der Waals surface area contributed by atoms with E-state index >= 15 is 0 Å².